The Morgan fingerprint density at radius 2 is 2.35 bits per heavy atom. The molecule has 1 N–H and O–H groups in total. The Hall–Kier alpha value is -1.95. The number of rotatable bonds is 3. The first kappa shape index (κ1) is 13.1. The zero-order chi connectivity index (χ0) is 13.9. The molecule has 0 saturated carbocycles. The Morgan fingerprint density at radius 3 is 3.10 bits per heavy atom. The van der Waals surface area contributed by atoms with Crippen LogP contribution in [0.2, 0.25) is 0 Å². The minimum atomic E-state index is -0.406. The maximum atomic E-state index is 13.4. The number of aromatic nitrogens is 2. The van der Waals surface area contributed by atoms with Crippen molar-refractivity contribution in [3.05, 3.63) is 29.9 Å². The lowest BCUT2D eigenvalue weighted by atomic mass is 10.00. The van der Waals surface area contributed by atoms with Gasteiger partial charge in [-0.3, -0.25) is 0 Å². The molecule has 1 aromatic carbocycles. The average molecular weight is 277 g/mol. The van der Waals surface area contributed by atoms with Crippen LogP contribution in [0.4, 0.5) is 4.39 Å². The number of nitrogens with one attached hydrogen (secondary N) is 1. The molecule has 0 aliphatic carbocycles. The lowest BCUT2D eigenvalue weighted by molar-refractivity contribution is 0.322. The van der Waals surface area contributed by atoms with Crippen LogP contribution >= 0.6 is 0 Å². The van der Waals surface area contributed by atoms with E-state index in [1.807, 2.05) is 0 Å². The molecule has 0 bridgehead atoms. The van der Waals surface area contributed by atoms with Crippen molar-refractivity contribution >= 4 is 0 Å². The van der Waals surface area contributed by atoms with Crippen molar-refractivity contribution in [2.24, 2.45) is 0 Å². The quantitative estimate of drug-likeness (QED) is 0.933. The zero-order valence-corrected chi connectivity index (χ0v) is 11.2. The molecular formula is C14H16FN3O2. The van der Waals surface area contributed by atoms with Crippen molar-refractivity contribution in [1.82, 2.24) is 15.5 Å². The van der Waals surface area contributed by atoms with Gasteiger partial charge in [0, 0.05) is 12.1 Å². The fourth-order valence-corrected chi connectivity index (χ4v) is 2.38. The molecule has 106 valence electrons. The number of hydrogen-bond donors (Lipinski definition) is 1. The average Bonchev–Trinajstić information content (AvgIpc) is 2.98. The number of ether oxygens (including phenoxy) is 1. The van der Waals surface area contributed by atoms with Crippen LogP contribution < -0.4 is 10.1 Å². The molecule has 1 atom stereocenters. The zero-order valence-electron chi connectivity index (χ0n) is 11.2. The van der Waals surface area contributed by atoms with Crippen LogP contribution in [0.3, 0.4) is 0 Å². The summed E-state index contributed by atoms with van der Waals surface area (Å²) >= 11 is 0. The SMILES string of the molecule is COc1cc(-c2noc([C@@H]3CCCNC3)n2)ccc1F. The van der Waals surface area contributed by atoms with Crippen LogP contribution in [0.5, 0.6) is 5.75 Å². The van der Waals surface area contributed by atoms with Crippen LogP contribution in [0.25, 0.3) is 11.4 Å². The van der Waals surface area contributed by atoms with Crippen molar-refractivity contribution in [1.29, 1.82) is 0 Å². The third kappa shape index (κ3) is 2.51. The van der Waals surface area contributed by atoms with Crippen molar-refractivity contribution in [2.45, 2.75) is 18.8 Å². The summed E-state index contributed by atoms with van der Waals surface area (Å²) < 4.78 is 23.7. The summed E-state index contributed by atoms with van der Waals surface area (Å²) in [5, 5.41) is 7.29. The standard InChI is InChI=1S/C14H16FN3O2/c1-19-12-7-9(4-5-11(12)15)13-17-14(20-18-13)10-3-2-6-16-8-10/h4-5,7,10,16H,2-3,6,8H2,1H3/t10-/m1/s1. The summed E-state index contributed by atoms with van der Waals surface area (Å²) in [4.78, 5) is 4.41. The molecule has 0 radical (unpaired) electrons. The van der Waals surface area contributed by atoms with Crippen molar-refractivity contribution in [3.63, 3.8) is 0 Å². The monoisotopic (exact) mass is 277 g/mol. The molecule has 6 heteroatoms. The fourth-order valence-electron chi connectivity index (χ4n) is 2.38. The molecule has 1 saturated heterocycles. The van der Waals surface area contributed by atoms with E-state index in [1.165, 1.54) is 13.2 Å². The molecule has 20 heavy (non-hydrogen) atoms. The molecule has 1 fully saturated rings. The number of nitrogens with zero attached hydrogens (tertiary/aromatic N) is 2. The maximum Gasteiger partial charge on any atom is 0.231 e. The fraction of sp³-hybridized carbons (Fsp3) is 0.429. The van der Waals surface area contributed by atoms with Gasteiger partial charge in [-0.25, -0.2) is 4.39 Å². The van der Waals surface area contributed by atoms with Crippen LogP contribution in [-0.2, 0) is 0 Å². The van der Waals surface area contributed by atoms with Gasteiger partial charge in [-0.2, -0.15) is 4.98 Å². The first-order valence-corrected chi connectivity index (χ1v) is 6.66. The van der Waals surface area contributed by atoms with E-state index in [9.17, 15) is 4.39 Å². The third-order valence-electron chi connectivity index (χ3n) is 3.50. The van der Waals surface area contributed by atoms with Crippen molar-refractivity contribution in [2.75, 3.05) is 20.2 Å². The van der Waals surface area contributed by atoms with E-state index in [4.69, 9.17) is 9.26 Å². The van der Waals surface area contributed by atoms with Gasteiger partial charge in [0.25, 0.3) is 0 Å². The smallest absolute Gasteiger partial charge is 0.231 e. The van der Waals surface area contributed by atoms with E-state index in [2.05, 4.69) is 15.5 Å². The summed E-state index contributed by atoms with van der Waals surface area (Å²) in [6.45, 7) is 1.89. The molecule has 1 aliphatic heterocycles. The summed E-state index contributed by atoms with van der Waals surface area (Å²) in [5.41, 5.74) is 0.682. The van der Waals surface area contributed by atoms with Gasteiger partial charge in [-0.1, -0.05) is 5.16 Å². The molecule has 2 heterocycles. The lowest BCUT2D eigenvalue weighted by Crippen LogP contribution is -2.28. The third-order valence-corrected chi connectivity index (χ3v) is 3.50. The maximum absolute atomic E-state index is 13.4. The predicted molar refractivity (Wildman–Crippen MR) is 71.1 cm³/mol. The highest BCUT2D eigenvalue weighted by atomic mass is 19.1. The van der Waals surface area contributed by atoms with Crippen LogP contribution in [0.15, 0.2) is 22.7 Å². The van der Waals surface area contributed by atoms with Crippen LogP contribution in [0, 0.1) is 5.82 Å². The number of methoxy groups -OCH3 is 1. The molecule has 0 amide bonds. The highest BCUT2D eigenvalue weighted by Gasteiger charge is 2.22. The van der Waals surface area contributed by atoms with Gasteiger partial charge in [0.1, 0.15) is 0 Å². The largest absolute Gasteiger partial charge is 0.494 e. The molecule has 1 aliphatic rings. The van der Waals surface area contributed by atoms with E-state index in [0.29, 0.717) is 17.3 Å². The number of piperidine rings is 1. The summed E-state index contributed by atoms with van der Waals surface area (Å²) in [7, 11) is 1.43. The first-order chi connectivity index (χ1) is 9.78. The van der Waals surface area contributed by atoms with Gasteiger partial charge >= 0.3 is 0 Å². The second-order valence-corrected chi connectivity index (χ2v) is 4.85. The summed E-state index contributed by atoms with van der Waals surface area (Å²) in [5.74, 6) is 1.12. The molecule has 5 nitrogen and oxygen atoms in total. The first-order valence-electron chi connectivity index (χ1n) is 6.66. The molecule has 1 aromatic heterocycles. The minimum absolute atomic E-state index is 0.174. The lowest BCUT2D eigenvalue weighted by Gasteiger charge is -2.18. The topological polar surface area (TPSA) is 60.2 Å². The Balaban J connectivity index is 1.85. The molecule has 0 unspecified atom stereocenters. The van der Waals surface area contributed by atoms with E-state index in [0.717, 1.165) is 25.9 Å². The molecule has 0 spiro atoms. The molecule has 2 aromatic rings. The predicted octanol–water partition coefficient (Wildman–Crippen LogP) is 2.35. The second-order valence-electron chi connectivity index (χ2n) is 4.85. The van der Waals surface area contributed by atoms with Crippen LogP contribution in [0.1, 0.15) is 24.7 Å². The van der Waals surface area contributed by atoms with Gasteiger partial charge in [0.05, 0.1) is 13.0 Å². The van der Waals surface area contributed by atoms with Crippen LogP contribution in [-0.4, -0.2) is 30.3 Å². The highest BCUT2D eigenvalue weighted by molar-refractivity contribution is 5.57. The summed E-state index contributed by atoms with van der Waals surface area (Å²) in [6, 6.07) is 4.53. The summed E-state index contributed by atoms with van der Waals surface area (Å²) in [6.07, 6.45) is 2.15. The number of benzene rings is 1. The van der Waals surface area contributed by atoms with E-state index < -0.39 is 5.82 Å². The Kier molecular flexibility index (Phi) is 3.64. The van der Waals surface area contributed by atoms with Gasteiger partial charge in [0.15, 0.2) is 11.6 Å². The second kappa shape index (κ2) is 5.58. The Labute approximate surface area is 116 Å². The van der Waals surface area contributed by atoms with E-state index >= 15 is 0 Å². The minimum Gasteiger partial charge on any atom is -0.494 e. The van der Waals surface area contributed by atoms with Crippen molar-refractivity contribution in [3.8, 4) is 17.1 Å². The Morgan fingerprint density at radius 1 is 1.45 bits per heavy atom. The van der Waals surface area contributed by atoms with Gasteiger partial charge in [-0.15, -0.1) is 0 Å². The van der Waals surface area contributed by atoms with E-state index in [-0.39, 0.29) is 11.7 Å². The molecule has 3 rings (SSSR count). The van der Waals surface area contributed by atoms with Gasteiger partial charge < -0.3 is 14.6 Å². The Bertz CT molecular complexity index is 594. The van der Waals surface area contributed by atoms with E-state index in [1.54, 1.807) is 12.1 Å². The normalized spacial score (nSPS) is 19.0. The number of halogens is 1. The molecular weight excluding hydrogens is 261 g/mol. The number of hydrogen-bond acceptors (Lipinski definition) is 5. The van der Waals surface area contributed by atoms with Gasteiger partial charge in [0.2, 0.25) is 11.7 Å². The van der Waals surface area contributed by atoms with Crippen molar-refractivity contribution < 1.29 is 13.7 Å². The van der Waals surface area contributed by atoms with Gasteiger partial charge in [-0.05, 0) is 37.6 Å². The highest BCUT2D eigenvalue weighted by Crippen LogP contribution is 2.27.